The molecule has 0 unspecified atom stereocenters. The molecule has 8 nitrogen and oxygen atoms in total. The molecule has 0 atom stereocenters. The lowest BCUT2D eigenvalue weighted by atomic mass is 10.2. The number of hydrogen-bond donors (Lipinski definition) is 1. The van der Waals surface area contributed by atoms with E-state index < -0.39 is 10.0 Å². The van der Waals surface area contributed by atoms with Crippen molar-refractivity contribution >= 4 is 15.9 Å². The summed E-state index contributed by atoms with van der Waals surface area (Å²) in [6, 6.07) is 17.6. The van der Waals surface area contributed by atoms with Gasteiger partial charge in [-0.25, -0.2) is 8.42 Å². The molecule has 0 radical (unpaired) electrons. The monoisotopic (exact) mass is 426 g/mol. The van der Waals surface area contributed by atoms with Crippen molar-refractivity contribution in [3.63, 3.8) is 0 Å². The number of sulfonamides is 1. The molecule has 2 aromatic carbocycles. The number of nitrogens with zero attached hydrogens (tertiary/aromatic N) is 3. The van der Waals surface area contributed by atoms with Crippen LogP contribution in [0.2, 0.25) is 0 Å². The van der Waals surface area contributed by atoms with Crippen LogP contribution in [0.1, 0.15) is 11.3 Å². The Labute approximate surface area is 175 Å². The van der Waals surface area contributed by atoms with Crippen LogP contribution in [0.4, 0.5) is 5.88 Å². The molecule has 0 saturated carbocycles. The van der Waals surface area contributed by atoms with Crippen molar-refractivity contribution in [1.29, 1.82) is 5.26 Å². The lowest BCUT2D eigenvalue weighted by Gasteiger charge is -2.17. The number of methoxy groups -OCH3 is 1. The Morgan fingerprint density at radius 3 is 2.50 bits per heavy atom. The summed E-state index contributed by atoms with van der Waals surface area (Å²) >= 11 is 0. The molecule has 0 aliphatic carbocycles. The SMILES string of the molecule is COCCNc1oc(-c2ccc(S(=O)(=O)N(C)Cc3ccccc3)cc2)nc1C#N. The lowest BCUT2D eigenvalue weighted by molar-refractivity contribution is 0.210. The van der Waals surface area contributed by atoms with Crippen LogP contribution in [0.3, 0.4) is 0 Å². The minimum atomic E-state index is -3.65. The molecule has 1 aromatic heterocycles. The topological polar surface area (TPSA) is 108 Å². The molecule has 3 aromatic rings. The zero-order chi connectivity index (χ0) is 21.6. The normalized spacial score (nSPS) is 11.4. The van der Waals surface area contributed by atoms with E-state index in [2.05, 4.69) is 10.3 Å². The molecule has 0 saturated heterocycles. The van der Waals surface area contributed by atoms with Gasteiger partial charge in [-0.05, 0) is 29.8 Å². The van der Waals surface area contributed by atoms with E-state index >= 15 is 0 Å². The van der Waals surface area contributed by atoms with Gasteiger partial charge in [-0.2, -0.15) is 14.6 Å². The number of oxazole rings is 1. The number of nitrogens with one attached hydrogen (secondary N) is 1. The standard InChI is InChI=1S/C21H22N4O4S/c1-25(15-16-6-4-3-5-7-16)30(26,27)18-10-8-17(9-11-18)20-24-19(14-22)21(29-20)23-12-13-28-2/h3-11,23H,12-13,15H2,1-2H3. The van der Waals surface area contributed by atoms with Gasteiger partial charge in [0.1, 0.15) is 6.07 Å². The van der Waals surface area contributed by atoms with E-state index in [1.165, 1.54) is 16.4 Å². The summed E-state index contributed by atoms with van der Waals surface area (Å²) in [5.41, 5.74) is 1.59. The molecule has 0 bridgehead atoms. The van der Waals surface area contributed by atoms with Gasteiger partial charge < -0.3 is 14.5 Å². The molecular formula is C21H22N4O4S. The number of rotatable bonds is 9. The molecule has 0 amide bonds. The maximum Gasteiger partial charge on any atom is 0.243 e. The largest absolute Gasteiger partial charge is 0.419 e. The minimum Gasteiger partial charge on any atom is -0.419 e. The molecule has 30 heavy (non-hydrogen) atoms. The molecule has 1 N–H and O–H groups in total. The van der Waals surface area contributed by atoms with Crippen molar-refractivity contribution in [2.24, 2.45) is 0 Å². The van der Waals surface area contributed by atoms with E-state index in [4.69, 9.17) is 9.15 Å². The van der Waals surface area contributed by atoms with Crippen LogP contribution in [0.15, 0.2) is 63.9 Å². The van der Waals surface area contributed by atoms with Gasteiger partial charge in [-0.3, -0.25) is 0 Å². The van der Waals surface area contributed by atoms with Gasteiger partial charge in [-0.1, -0.05) is 30.3 Å². The third-order valence-corrected chi connectivity index (χ3v) is 6.20. The molecule has 3 rings (SSSR count). The highest BCUT2D eigenvalue weighted by molar-refractivity contribution is 7.89. The van der Waals surface area contributed by atoms with Crippen molar-refractivity contribution in [3.8, 4) is 17.5 Å². The Morgan fingerprint density at radius 2 is 1.87 bits per heavy atom. The van der Waals surface area contributed by atoms with Gasteiger partial charge in [0, 0.05) is 32.8 Å². The first-order chi connectivity index (χ1) is 14.5. The van der Waals surface area contributed by atoms with Gasteiger partial charge in [0.05, 0.1) is 11.5 Å². The predicted octanol–water partition coefficient (Wildman–Crippen LogP) is 3.09. The van der Waals surface area contributed by atoms with Crippen molar-refractivity contribution in [1.82, 2.24) is 9.29 Å². The summed E-state index contributed by atoms with van der Waals surface area (Å²) in [7, 11) is -0.537. The quantitative estimate of drug-likeness (QED) is 0.524. The zero-order valence-electron chi connectivity index (χ0n) is 16.7. The second kappa shape index (κ2) is 9.54. The highest BCUT2D eigenvalue weighted by Gasteiger charge is 2.21. The van der Waals surface area contributed by atoms with Gasteiger partial charge >= 0.3 is 0 Å². The van der Waals surface area contributed by atoms with Crippen LogP contribution in [-0.4, -0.2) is 45.0 Å². The molecule has 9 heteroatoms. The third kappa shape index (κ3) is 4.86. The molecule has 156 valence electrons. The Hall–Kier alpha value is -3.19. The Bertz CT molecular complexity index is 1120. The van der Waals surface area contributed by atoms with Crippen LogP contribution in [0.5, 0.6) is 0 Å². The molecular weight excluding hydrogens is 404 g/mol. The minimum absolute atomic E-state index is 0.125. The summed E-state index contributed by atoms with van der Waals surface area (Å²) in [6.07, 6.45) is 0. The van der Waals surface area contributed by atoms with E-state index in [0.717, 1.165) is 5.56 Å². The summed E-state index contributed by atoms with van der Waals surface area (Å²) in [4.78, 5) is 4.33. The van der Waals surface area contributed by atoms with Crippen molar-refractivity contribution in [2.75, 3.05) is 32.6 Å². The van der Waals surface area contributed by atoms with E-state index in [9.17, 15) is 13.7 Å². The lowest BCUT2D eigenvalue weighted by Crippen LogP contribution is -2.26. The summed E-state index contributed by atoms with van der Waals surface area (Å²) in [6.45, 7) is 1.18. The van der Waals surface area contributed by atoms with E-state index in [1.807, 2.05) is 36.4 Å². The van der Waals surface area contributed by atoms with E-state index in [-0.39, 0.29) is 28.9 Å². The predicted molar refractivity (Wildman–Crippen MR) is 112 cm³/mol. The second-order valence-electron chi connectivity index (χ2n) is 6.50. The molecule has 0 fully saturated rings. The van der Waals surface area contributed by atoms with E-state index in [0.29, 0.717) is 18.7 Å². The summed E-state index contributed by atoms with van der Waals surface area (Å²) < 4.78 is 37.6. The number of hydrogen-bond acceptors (Lipinski definition) is 7. The molecule has 0 aliphatic heterocycles. The van der Waals surface area contributed by atoms with Crippen LogP contribution in [0, 0.1) is 11.3 Å². The molecule has 0 aliphatic rings. The molecule has 1 heterocycles. The average Bonchev–Trinajstić information content (AvgIpc) is 3.18. The van der Waals surface area contributed by atoms with Gasteiger partial charge in [-0.15, -0.1) is 0 Å². The number of benzene rings is 2. The van der Waals surface area contributed by atoms with Crippen molar-refractivity contribution < 1.29 is 17.6 Å². The van der Waals surface area contributed by atoms with Crippen molar-refractivity contribution in [2.45, 2.75) is 11.4 Å². The van der Waals surface area contributed by atoms with E-state index in [1.54, 1.807) is 26.3 Å². The highest BCUT2D eigenvalue weighted by atomic mass is 32.2. The summed E-state index contributed by atoms with van der Waals surface area (Å²) in [5, 5.41) is 12.2. The van der Waals surface area contributed by atoms with Crippen LogP contribution >= 0.6 is 0 Å². The fourth-order valence-corrected chi connectivity index (χ4v) is 3.94. The van der Waals surface area contributed by atoms with Gasteiger partial charge in [0.15, 0.2) is 0 Å². The maximum atomic E-state index is 12.9. The first-order valence-electron chi connectivity index (χ1n) is 9.20. The maximum absolute atomic E-state index is 12.9. The number of nitriles is 1. The number of anilines is 1. The Morgan fingerprint density at radius 1 is 1.17 bits per heavy atom. The first-order valence-corrected chi connectivity index (χ1v) is 10.6. The summed E-state index contributed by atoms with van der Waals surface area (Å²) in [5.74, 6) is 0.483. The van der Waals surface area contributed by atoms with Crippen molar-refractivity contribution in [3.05, 3.63) is 65.9 Å². The van der Waals surface area contributed by atoms with Crippen LogP contribution in [0.25, 0.3) is 11.5 Å². The van der Waals surface area contributed by atoms with Gasteiger partial charge in [0.2, 0.25) is 27.5 Å². The number of ether oxygens (including phenoxy) is 1. The van der Waals surface area contributed by atoms with Gasteiger partial charge in [0.25, 0.3) is 0 Å². The molecule has 0 spiro atoms. The fraction of sp³-hybridized carbons (Fsp3) is 0.238. The smallest absolute Gasteiger partial charge is 0.243 e. The highest BCUT2D eigenvalue weighted by Crippen LogP contribution is 2.27. The Balaban J connectivity index is 1.78. The first kappa shape index (κ1) is 21.5. The number of aromatic nitrogens is 1. The fourth-order valence-electron chi connectivity index (χ4n) is 2.78. The zero-order valence-corrected chi connectivity index (χ0v) is 17.5. The third-order valence-electron chi connectivity index (χ3n) is 4.38. The second-order valence-corrected chi connectivity index (χ2v) is 8.54. The van der Waals surface area contributed by atoms with Crippen LogP contribution < -0.4 is 5.32 Å². The average molecular weight is 426 g/mol. The van der Waals surface area contributed by atoms with Crippen LogP contribution in [-0.2, 0) is 21.3 Å². The Kier molecular flexibility index (Phi) is 6.84.